The summed E-state index contributed by atoms with van der Waals surface area (Å²) < 4.78 is 0. The number of nitrogens with one attached hydrogen (secondary N) is 1. The minimum atomic E-state index is -0.207. The van der Waals surface area contributed by atoms with Gasteiger partial charge >= 0.3 is 0 Å². The van der Waals surface area contributed by atoms with Gasteiger partial charge < -0.3 is 11.1 Å². The minimum Gasteiger partial charge on any atom is -0.370 e. The highest BCUT2D eigenvalue weighted by Gasteiger charge is 2.22. The molecule has 1 rings (SSSR count). The highest BCUT2D eigenvalue weighted by molar-refractivity contribution is 5.73. The van der Waals surface area contributed by atoms with Gasteiger partial charge in [0, 0.05) is 19.0 Å². The maximum absolute atomic E-state index is 10.6. The molecule has 2 unspecified atom stereocenters. The molecule has 0 bridgehead atoms. The van der Waals surface area contributed by atoms with Crippen molar-refractivity contribution >= 4 is 5.91 Å². The van der Waals surface area contributed by atoms with Gasteiger partial charge in [0.25, 0.3) is 0 Å². The SMILES string of the molecule is CCC1CCCCC1NCCC(N)=O. The van der Waals surface area contributed by atoms with Gasteiger partial charge in [0.1, 0.15) is 0 Å². The Morgan fingerprint density at radius 1 is 1.43 bits per heavy atom. The van der Waals surface area contributed by atoms with Crippen molar-refractivity contribution in [3.63, 3.8) is 0 Å². The van der Waals surface area contributed by atoms with E-state index in [-0.39, 0.29) is 5.91 Å². The second-order valence-corrected chi connectivity index (χ2v) is 4.23. The highest BCUT2D eigenvalue weighted by atomic mass is 16.1. The zero-order valence-corrected chi connectivity index (χ0v) is 9.09. The van der Waals surface area contributed by atoms with Crippen molar-refractivity contribution in [3.05, 3.63) is 0 Å². The first kappa shape index (κ1) is 11.5. The van der Waals surface area contributed by atoms with Gasteiger partial charge in [-0.3, -0.25) is 4.79 Å². The predicted octanol–water partition coefficient (Wildman–Crippen LogP) is 1.42. The largest absolute Gasteiger partial charge is 0.370 e. The number of nitrogens with two attached hydrogens (primary N) is 1. The molecule has 1 amide bonds. The highest BCUT2D eigenvalue weighted by Crippen LogP contribution is 2.26. The summed E-state index contributed by atoms with van der Waals surface area (Å²) in [6.07, 6.45) is 7.00. The summed E-state index contributed by atoms with van der Waals surface area (Å²) in [7, 11) is 0. The van der Waals surface area contributed by atoms with Crippen LogP contribution in [0.4, 0.5) is 0 Å². The number of hydrogen-bond donors (Lipinski definition) is 2. The fourth-order valence-corrected chi connectivity index (χ4v) is 2.35. The van der Waals surface area contributed by atoms with Gasteiger partial charge in [-0.1, -0.05) is 26.2 Å². The molecule has 0 aromatic heterocycles. The zero-order valence-electron chi connectivity index (χ0n) is 9.09. The van der Waals surface area contributed by atoms with Gasteiger partial charge in [0.2, 0.25) is 5.91 Å². The summed E-state index contributed by atoms with van der Waals surface area (Å²) >= 11 is 0. The third-order valence-electron chi connectivity index (χ3n) is 3.21. The van der Waals surface area contributed by atoms with Crippen LogP contribution in [0, 0.1) is 5.92 Å². The number of carbonyl (C=O) groups excluding carboxylic acids is 1. The van der Waals surface area contributed by atoms with Crippen LogP contribution in [0.5, 0.6) is 0 Å². The molecule has 0 saturated heterocycles. The van der Waals surface area contributed by atoms with E-state index in [4.69, 9.17) is 5.73 Å². The summed E-state index contributed by atoms with van der Waals surface area (Å²) in [5, 5.41) is 3.45. The van der Waals surface area contributed by atoms with Crippen LogP contribution in [0.25, 0.3) is 0 Å². The van der Waals surface area contributed by atoms with Crippen LogP contribution in [0.1, 0.15) is 45.4 Å². The van der Waals surface area contributed by atoms with Crippen LogP contribution in [-0.4, -0.2) is 18.5 Å². The lowest BCUT2D eigenvalue weighted by Crippen LogP contribution is -2.39. The zero-order chi connectivity index (χ0) is 10.4. The van der Waals surface area contributed by atoms with E-state index in [9.17, 15) is 4.79 Å². The number of hydrogen-bond acceptors (Lipinski definition) is 2. The Balaban J connectivity index is 2.22. The molecule has 1 aliphatic rings. The molecular weight excluding hydrogens is 176 g/mol. The van der Waals surface area contributed by atoms with E-state index in [1.54, 1.807) is 0 Å². The molecule has 1 aliphatic carbocycles. The molecular formula is C11H22N2O. The Morgan fingerprint density at radius 2 is 2.14 bits per heavy atom. The van der Waals surface area contributed by atoms with E-state index in [0.29, 0.717) is 12.5 Å². The minimum absolute atomic E-state index is 0.207. The lowest BCUT2D eigenvalue weighted by molar-refractivity contribution is -0.117. The quantitative estimate of drug-likeness (QED) is 0.702. The second-order valence-electron chi connectivity index (χ2n) is 4.23. The van der Waals surface area contributed by atoms with Crippen LogP contribution in [0.15, 0.2) is 0 Å². The van der Waals surface area contributed by atoms with E-state index >= 15 is 0 Å². The molecule has 3 heteroatoms. The van der Waals surface area contributed by atoms with Crippen molar-refractivity contribution in [2.45, 2.75) is 51.5 Å². The van der Waals surface area contributed by atoms with Crippen molar-refractivity contribution in [1.82, 2.24) is 5.32 Å². The molecule has 82 valence electrons. The van der Waals surface area contributed by atoms with Gasteiger partial charge in [-0.2, -0.15) is 0 Å². The molecule has 0 aromatic carbocycles. The van der Waals surface area contributed by atoms with Crippen molar-refractivity contribution < 1.29 is 4.79 Å². The Kier molecular flexibility index (Phi) is 4.94. The first-order chi connectivity index (χ1) is 6.74. The molecule has 14 heavy (non-hydrogen) atoms. The van der Waals surface area contributed by atoms with Crippen LogP contribution in [0.2, 0.25) is 0 Å². The van der Waals surface area contributed by atoms with Gasteiger partial charge in [0.15, 0.2) is 0 Å². The molecule has 0 aromatic rings. The molecule has 2 atom stereocenters. The summed E-state index contributed by atoms with van der Waals surface area (Å²) in [5.41, 5.74) is 5.10. The second kappa shape index (κ2) is 6.02. The first-order valence-corrected chi connectivity index (χ1v) is 5.75. The molecule has 3 nitrogen and oxygen atoms in total. The van der Waals surface area contributed by atoms with Gasteiger partial charge in [0.05, 0.1) is 0 Å². The average Bonchev–Trinajstić information content (AvgIpc) is 2.18. The molecule has 0 radical (unpaired) electrons. The number of rotatable bonds is 5. The first-order valence-electron chi connectivity index (χ1n) is 5.75. The average molecular weight is 198 g/mol. The maximum Gasteiger partial charge on any atom is 0.218 e. The predicted molar refractivity (Wildman–Crippen MR) is 57.9 cm³/mol. The maximum atomic E-state index is 10.6. The Bertz CT molecular complexity index is 182. The molecule has 0 spiro atoms. The van der Waals surface area contributed by atoms with Crippen LogP contribution in [-0.2, 0) is 4.79 Å². The van der Waals surface area contributed by atoms with Crippen LogP contribution < -0.4 is 11.1 Å². The normalized spacial score (nSPS) is 27.5. The third-order valence-corrected chi connectivity index (χ3v) is 3.21. The van der Waals surface area contributed by atoms with Crippen molar-refractivity contribution in [2.75, 3.05) is 6.54 Å². The Hall–Kier alpha value is -0.570. The monoisotopic (exact) mass is 198 g/mol. The molecule has 0 heterocycles. The number of amides is 1. The molecule has 1 saturated carbocycles. The molecule has 1 fully saturated rings. The Labute approximate surface area is 86.4 Å². The van der Waals surface area contributed by atoms with Gasteiger partial charge in [-0.05, 0) is 18.8 Å². The van der Waals surface area contributed by atoms with E-state index in [2.05, 4.69) is 12.2 Å². The summed E-state index contributed by atoms with van der Waals surface area (Å²) in [5.74, 6) is 0.595. The summed E-state index contributed by atoms with van der Waals surface area (Å²) in [6.45, 7) is 3.00. The van der Waals surface area contributed by atoms with Crippen molar-refractivity contribution in [2.24, 2.45) is 11.7 Å². The van der Waals surface area contributed by atoms with Crippen LogP contribution >= 0.6 is 0 Å². The fraction of sp³-hybridized carbons (Fsp3) is 0.909. The number of carbonyl (C=O) groups is 1. The van der Waals surface area contributed by atoms with Crippen molar-refractivity contribution in [3.8, 4) is 0 Å². The van der Waals surface area contributed by atoms with Gasteiger partial charge in [-0.25, -0.2) is 0 Å². The van der Waals surface area contributed by atoms with Crippen LogP contribution in [0.3, 0.4) is 0 Å². The van der Waals surface area contributed by atoms with E-state index < -0.39 is 0 Å². The summed E-state index contributed by atoms with van der Waals surface area (Å²) in [6, 6.07) is 0.619. The van der Waals surface area contributed by atoms with Crippen molar-refractivity contribution in [1.29, 1.82) is 0 Å². The smallest absolute Gasteiger partial charge is 0.218 e. The lowest BCUT2D eigenvalue weighted by atomic mass is 9.83. The molecule has 0 aliphatic heterocycles. The lowest BCUT2D eigenvalue weighted by Gasteiger charge is -2.31. The summed E-state index contributed by atoms with van der Waals surface area (Å²) in [4.78, 5) is 10.6. The standard InChI is InChI=1S/C11H22N2O/c1-2-9-5-3-4-6-10(9)13-8-7-11(12)14/h9-10,13H,2-8H2,1H3,(H2,12,14). The van der Waals surface area contributed by atoms with E-state index in [1.807, 2.05) is 0 Å². The fourth-order valence-electron chi connectivity index (χ4n) is 2.35. The van der Waals surface area contributed by atoms with E-state index in [0.717, 1.165) is 12.5 Å². The van der Waals surface area contributed by atoms with Gasteiger partial charge in [-0.15, -0.1) is 0 Å². The number of primary amides is 1. The topological polar surface area (TPSA) is 55.1 Å². The Morgan fingerprint density at radius 3 is 2.79 bits per heavy atom. The van der Waals surface area contributed by atoms with E-state index in [1.165, 1.54) is 32.1 Å². The molecule has 3 N–H and O–H groups in total. The third kappa shape index (κ3) is 3.66.